The van der Waals surface area contributed by atoms with Crippen molar-refractivity contribution in [1.82, 2.24) is 5.32 Å². The summed E-state index contributed by atoms with van der Waals surface area (Å²) in [5.41, 5.74) is 0.466. The van der Waals surface area contributed by atoms with Crippen molar-refractivity contribution in [2.24, 2.45) is 0 Å². The molecule has 0 saturated heterocycles. The Bertz CT molecular complexity index is 705. The molecule has 5 heteroatoms. The van der Waals surface area contributed by atoms with Crippen LogP contribution in [0.3, 0.4) is 0 Å². The number of aryl methyl sites for hydroxylation is 1. The number of benzene rings is 1. The molecule has 2 aromatic rings. The van der Waals surface area contributed by atoms with Gasteiger partial charge in [-0.2, -0.15) is 0 Å². The Morgan fingerprint density at radius 2 is 2.10 bits per heavy atom. The molecule has 0 aliphatic rings. The van der Waals surface area contributed by atoms with Crippen LogP contribution >= 0.6 is 0 Å². The second kappa shape index (κ2) is 6.54. The lowest BCUT2D eigenvalue weighted by Gasteiger charge is -2.10. The van der Waals surface area contributed by atoms with Gasteiger partial charge in [0, 0.05) is 11.9 Å². The molecule has 1 atom stereocenters. The largest absolute Gasteiger partial charge is 0.422 e. The summed E-state index contributed by atoms with van der Waals surface area (Å²) in [5, 5.41) is 12.9. The van der Waals surface area contributed by atoms with Crippen LogP contribution in [0.25, 0.3) is 11.0 Å². The van der Waals surface area contributed by atoms with E-state index in [1.165, 1.54) is 0 Å². The number of amides is 1. The van der Waals surface area contributed by atoms with Gasteiger partial charge in [-0.25, -0.2) is 4.79 Å². The highest BCUT2D eigenvalue weighted by molar-refractivity contribution is 5.99. The van der Waals surface area contributed by atoms with E-state index in [4.69, 9.17) is 4.42 Å². The van der Waals surface area contributed by atoms with Gasteiger partial charge in [-0.15, -0.1) is 0 Å². The smallest absolute Gasteiger partial charge is 0.349 e. The second-order valence-corrected chi connectivity index (χ2v) is 4.99. The first-order valence-electron chi connectivity index (χ1n) is 7.03. The first-order chi connectivity index (χ1) is 10.0. The lowest BCUT2D eigenvalue weighted by molar-refractivity contribution is 0.0938. The molecule has 21 heavy (non-hydrogen) atoms. The van der Waals surface area contributed by atoms with Crippen LogP contribution in [0.5, 0.6) is 0 Å². The Labute approximate surface area is 122 Å². The van der Waals surface area contributed by atoms with Crippen molar-refractivity contribution in [3.05, 3.63) is 45.8 Å². The fourth-order valence-electron chi connectivity index (χ4n) is 2.21. The van der Waals surface area contributed by atoms with E-state index in [-0.39, 0.29) is 5.56 Å². The quantitative estimate of drug-likeness (QED) is 0.825. The Hall–Kier alpha value is -2.14. The number of aliphatic hydroxyl groups excluding tert-OH is 1. The standard InChI is InChI=1S/C16H19NO4/c1-3-11(18)8-9-17-15(19)14-10(2)12-6-4-5-7-13(12)21-16(14)20/h4-7,11,18H,3,8-9H2,1-2H3,(H,17,19). The van der Waals surface area contributed by atoms with Gasteiger partial charge in [0.25, 0.3) is 5.91 Å². The molecule has 2 N–H and O–H groups in total. The number of aliphatic hydroxyl groups is 1. The normalized spacial score (nSPS) is 12.3. The Morgan fingerprint density at radius 1 is 1.38 bits per heavy atom. The maximum Gasteiger partial charge on any atom is 0.349 e. The minimum absolute atomic E-state index is 0.0275. The van der Waals surface area contributed by atoms with Gasteiger partial charge in [-0.1, -0.05) is 25.1 Å². The maximum atomic E-state index is 12.1. The third-order valence-corrected chi connectivity index (χ3v) is 3.53. The third-order valence-electron chi connectivity index (χ3n) is 3.53. The second-order valence-electron chi connectivity index (χ2n) is 4.99. The molecule has 1 heterocycles. The van der Waals surface area contributed by atoms with Crippen molar-refractivity contribution >= 4 is 16.9 Å². The van der Waals surface area contributed by atoms with E-state index in [2.05, 4.69) is 5.32 Å². The van der Waals surface area contributed by atoms with Crippen LogP contribution in [0.4, 0.5) is 0 Å². The number of rotatable bonds is 5. The van der Waals surface area contributed by atoms with E-state index in [1.807, 2.05) is 19.1 Å². The van der Waals surface area contributed by atoms with E-state index in [9.17, 15) is 14.7 Å². The summed E-state index contributed by atoms with van der Waals surface area (Å²) in [5.74, 6) is -0.463. The summed E-state index contributed by atoms with van der Waals surface area (Å²) in [6, 6.07) is 7.11. The monoisotopic (exact) mass is 289 g/mol. The van der Waals surface area contributed by atoms with Crippen molar-refractivity contribution in [3.8, 4) is 0 Å². The van der Waals surface area contributed by atoms with Gasteiger partial charge in [0.15, 0.2) is 0 Å². The summed E-state index contributed by atoms with van der Waals surface area (Å²) < 4.78 is 5.18. The van der Waals surface area contributed by atoms with Gasteiger partial charge in [0.1, 0.15) is 11.1 Å². The maximum absolute atomic E-state index is 12.1. The zero-order valence-corrected chi connectivity index (χ0v) is 12.2. The highest BCUT2D eigenvalue weighted by Crippen LogP contribution is 2.18. The number of para-hydroxylation sites is 1. The molecule has 0 radical (unpaired) electrons. The SMILES string of the molecule is CCC(O)CCNC(=O)c1c(C)c2ccccc2oc1=O. The molecular weight excluding hydrogens is 270 g/mol. The Balaban J connectivity index is 2.25. The van der Waals surface area contributed by atoms with E-state index < -0.39 is 17.6 Å². The number of carbonyl (C=O) groups is 1. The van der Waals surface area contributed by atoms with E-state index in [0.29, 0.717) is 30.5 Å². The van der Waals surface area contributed by atoms with Crippen molar-refractivity contribution in [2.45, 2.75) is 32.8 Å². The van der Waals surface area contributed by atoms with E-state index >= 15 is 0 Å². The number of hydrogen-bond acceptors (Lipinski definition) is 4. The molecule has 0 spiro atoms. The van der Waals surface area contributed by atoms with Gasteiger partial charge < -0.3 is 14.8 Å². The molecule has 0 bridgehead atoms. The fourth-order valence-corrected chi connectivity index (χ4v) is 2.21. The molecule has 2 rings (SSSR count). The van der Waals surface area contributed by atoms with Crippen LogP contribution in [0.1, 0.15) is 35.7 Å². The summed E-state index contributed by atoms with van der Waals surface area (Å²) in [7, 11) is 0. The van der Waals surface area contributed by atoms with Crippen LogP contribution in [0, 0.1) is 6.92 Å². The highest BCUT2D eigenvalue weighted by atomic mass is 16.4. The minimum atomic E-state index is -0.639. The average Bonchev–Trinajstić information content (AvgIpc) is 2.47. The molecule has 0 fully saturated rings. The lowest BCUT2D eigenvalue weighted by atomic mass is 10.1. The van der Waals surface area contributed by atoms with Gasteiger partial charge in [0.2, 0.25) is 0 Å². The highest BCUT2D eigenvalue weighted by Gasteiger charge is 2.18. The number of hydrogen-bond donors (Lipinski definition) is 2. The molecule has 0 aliphatic heterocycles. The van der Waals surface area contributed by atoms with Gasteiger partial charge in [0.05, 0.1) is 6.10 Å². The fraction of sp³-hybridized carbons (Fsp3) is 0.375. The van der Waals surface area contributed by atoms with Crippen molar-refractivity contribution in [1.29, 1.82) is 0 Å². The molecule has 5 nitrogen and oxygen atoms in total. The predicted octanol–water partition coefficient (Wildman–Crippen LogP) is 1.99. The third kappa shape index (κ3) is 3.31. The molecule has 1 aromatic carbocycles. The average molecular weight is 289 g/mol. The molecule has 1 unspecified atom stereocenters. The van der Waals surface area contributed by atoms with Gasteiger partial charge in [-0.3, -0.25) is 4.79 Å². The van der Waals surface area contributed by atoms with Crippen LogP contribution < -0.4 is 10.9 Å². The lowest BCUT2D eigenvalue weighted by Crippen LogP contribution is -2.31. The van der Waals surface area contributed by atoms with Crippen LogP contribution in [0.15, 0.2) is 33.5 Å². The van der Waals surface area contributed by atoms with Crippen molar-refractivity contribution < 1.29 is 14.3 Å². The molecule has 0 saturated carbocycles. The van der Waals surface area contributed by atoms with Crippen LogP contribution in [-0.2, 0) is 0 Å². The van der Waals surface area contributed by atoms with Crippen molar-refractivity contribution in [2.75, 3.05) is 6.54 Å². The molecule has 112 valence electrons. The summed E-state index contributed by atoms with van der Waals surface area (Å²) in [4.78, 5) is 24.1. The van der Waals surface area contributed by atoms with Gasteiger partial charge in [-0.05, 0) is 31.4 Å². The number of carbonyl (C=O) groups excluding carboxylic acids is 1. The van der Waals surface area contributed by atoms with Crippen LogP contribution in [0.2, 0.25) is 0 Å². The van der Waals surface area contributed by atoms with E-state index in [0.717, 1.165) is 5.39 Å². The summed E-state index contributed by atoms with van der Waals surface area (Å²) in [6.45, 7) is 3.92. The van der Waals surface area contributed by atoms with E-state index in [1.54, 1.807) is 19.1 Å². The van der Waals surface area contributed by atoms with Crippen molar-refractivity contribution in [3.63, 3.8) is 0 Å². The zero-order valence-electron chi connectivity index (χ0n) is 12.2. The first-order valence-corrected chi connectivity index (χ1v) is 7.03. The van der Waals surface area contributed by atoms with Gasteiger partial charge >= 0.3 is 5.63 Å². The van der Waals surface area contributed by atoms with Crippen LogP contribution in [-0.4, -0.2) is 23.7 Å². The molecule has 1 aromatic heterocycles. The summed E-state index contributed by atoms with van der Waals surface area (Å²) >= 11 is 0. The first kappa shape index (κ1) is 15.3. The number of nitrogens with one attached hydrogen (secondary N) is 1. The topological polar surface area (TPSA) is 79.5 Å². The number of fused-ring (bicyclic) bond motifs is 1. The molecule has 1 amide bonds. The minimum Gasteiger partial charge on any atom is -0.422 e. The Morgan fingerprint density at radius 3 is 2.81 bits per heavy atom. The molecule has 0 aliphatic carbocycles. The summed E-state index contributed by atoms with van der Waals surface area (Å²) in [6.07, 6.45) is 0.645. The predicted molar refractivity (Wildman–Crippen MR) is 80.5 cm³/mol. The molecular formula is C16H19NO4. The zero-order chi connectivity index (χ0) is 15.4. The Kier molecular flexibility index (Phi) is 4.75.